The van der Waals surface area contributed by atoms with Gasteiger partial charge < -0.3 is 13.3 Å². The Balaban J connectivity index is 3.35. The lowest BCUT2D eigenvalue weighted by atomic mass is 10.2. The molecule has 0 spiro atoms. The summed E-state index contributed by atoms with van der Waals surface area (Å²) in [7, 11) is -4.57. The van der Waals surface area contributed by atoms with Crippen LogP contribution in [0.1, 0.15) is 47.0 Å². The fraction of sp³-hybridized carbons (Fsp3) is 0.600. The van der Waals surface area contributed by atoms with Gasteiger partial charge in [-0.2, -0.15) is 0 Å². The highest BCUT2D eigenvalue weighted by Crippen LogP contribution is 2.27. The number of hydrogen-bond acceptors (Lipinski definition) is 3. The summed E-state index contributed by atoms with van der Waals surface area (Å²) in [6, 6.07) is 10.8. The molecule has 0 fully saturated rings. The Hall–Kier alpha value is -0.726. The zero-order chi connectivity index (χ0) is 18.8. The Bertz CT molecular complexity index is 498. The second kappa shape index (κ2) is 11.1. The van der Waals surface area contributed by atoms with E-state index in [9.17, 15) is 0 Å². The summed E-state index contributed by atoms with van der Waals surface area (Å²) in [5.41, 5.74) is 2.48. The van der Waals surface area contributed by atoms with Crippen molar-refractivity contribution in [2.45, 2.75) is 60.1 Å². The Morgan fingerprint density at radius 3 is 1.84 bits per heavy atom. The third kappa shape index (κ3) is 6.49. The minimum absolute atomic E-state index is 0.614. The van der Waals surface area contributed by atoms with Gasteiger partial charge in [0.05, 0.1) is 0 Å². The Labute approximate surface area is 156 Å². The van der Waals surface area contributed by atoms with Crippen LogP contribution in [0.3, 0.4) is 0 Å². The molecular formula is C20H36O3Si2. The van der Waals surface area contributed by atoms with E-state index in [1.807, 2.05) is 20.8 Å². The highest BCUT2D eigenvalue weighted by Gasteiger charge is 2.45. The largest absolute Gasteiger partial charge is 0.532 e. The zero-order valence-electron chi connectivity index (χ0n) is 16.9. The van der Waals surface area contributed by atoms with Gasteiger partial charge in [0.2, 0.25) is 0 Å². The molecule has 3 nitrogen and oxygen atoms in total. The molecule has 0 unspecified atom stereocenters. The molecule has 1 aromatic carbocycles. The second-order valence-electron chi connectivity index (χ2n) is 6.72. The van der Waals surface area contributed by atoms with Gasteiger partial charge in [0, 0.05) is 19.8 Å². The van der Waals surface area contributed by atoms with E-state index in [-0.39, 0.29) is 0 Å². The van der Waals surface area contributed by atoms with Crippen LogP contribution in [-0.2, 0) is 13.3 Å². The monoisotopic (exact) mass is 380 g/mol. The van der Waals surface area contributed by atoms with Crippen molar-refractivity contribution in [1.29, 1.82) is 0 Å². The van der Waals surface area contributed by atoms with Crippen LogP contribution < -0.4 is 5.19 Å². The Morgan fingerprint density at radius 2 is 1.40 bits per heavy atom. The molecule has 142 valence electrons. The van der Waals surface area contributed by atoms with E-state index < -0.39 is 16.9 Å². The minimum Gasteiger partial charge on any atom is -0.371 e. The summed E-state index contributed by atoms with van der Waals surface area (Å²) in [4.78, 5) is 0. The van der Waals surface area contributed by atoms with Crippen molar-refractivity contribution in [3.63, 3.8) is 0 Å². The SMILES string of the molecule is CCCC/C(=C\[Si](C)(C)c1ccccc1)[Si](OCC)(OCC)OCC. The molecule has 0 aliphatic heterocycles. The van der Waals surface area contributed by atoms with Crippen molar-refractivity contribution in [3.8, 4) is 0 Å². The molecule has 0 N–H and O–H groups in total. The van der Waals surface area contributed by atoms with Gasteiger partial charge in [0.1, 0.15) is 8.07 Å². The van der Waals surface area contributed by atoms with Gasteiger partial charge in [0.25, 0.3) is 0 Å². The fourth-order valence-corrected chi connectivity index (χ4v) is 9.49. The van der Waals surface area contributed by atoms with E-state index in [4.69, 9.17) is 13.3 Å². The van der Waals surface area contributed by atoms with E-state index >= 15 is 0 Å². The fourth-order valence-electron chi connectivity index (χ4n) is 3.04. The molecule has 1 aromatic rings. The lowest BCUT2D eigenvalue weighted by Crippen LogP contribution is -2.50. The van der Waals surface area contributed by atoms with Gasteiger partial charge in [-0.15, -0.1) is 0 Å². The second-order valence-corrected chi connectivity index (χ2v) is 13.6. The molecule has 0 aliphatic carbocycles. The van der Waals surface area contributed by atoms with Gasteiger partial charge in [-0.05, 0) is 38.8 Å². The van der Waals surface area contributed by atoms with Crippen LogP contribution in [0.2, 0.25) is 13.1 Å². The number of unbranched alkanes of at least 4 members (excludes halogenated alkanes) is 1. The predicted octanol–water partition coefficient (Wildman–Crippen LogP) is 4.85. The van der Waals surface area contributed by atoms with E-state index in [1.165, 1.54) is 10.4 Å². The van der Waals surface area contributed by atoms with E-state index in [0.29, 0.717) is 19.8 Å². The first kappa shape index (κ1) is 22.3. The number of rotatable bonds is 12. The lowest BCUT2D eigenvalue weighted by Gasteiger charge is -2.33. The van der Waals surface area contributed by atoms with E-state index in [0.717, 1.165) is 19.3 Å². The van der Waals surface area contributed by atoms with Crippen LogP contribution in [0.15, 0.2) is 41.2 Å². The third-order valence-electron chi connectivity index (χ3n) is 4.25. The van der Waals surface area contributed by atoms with Crippen LogP contribution in [0.5, 0.6) is 0 Å². The van der Waals surface area contributed by atoms with Crippen molar-refractivity contribution < 1.29 is 13.3 Å². The van der Waals surface area contributed by atoms with Crippen LogP contribution in [0.4, 0.5) is 0 Å². The van der Waals surface area contributed by atoms with Gasteiger partial charge >= 0.3 is 8.80 Å². The van der Waals surface area contributed by atoms with Crippen LogP contribution in [0.25, 0.3) is 0 Å². The standard InChI is InChI=1S/C20H36O3Si2/c1-7-11-15-20(25(21-8-2,22-9-3)23-10-4)18-24(5,6)19-16-13-12-14-17-19/h12-14,16-18H,7-11,15H2,1-6H3/b20-18+. The number of allylic oxidation sites excluding steroid dienone is 1. The molecule has 0 atom stereocenters. The van der Waals surface area contributed by atoms with Gasteiger partial charge in [-0.1, -0.05) is 67.7 Å². The smallest absolute Gasteiger partial charge is 0.371 e. The summed E-state index contributed by atoms with van der Waals surface area (Å²) in [5, 5.41) is 2.71. The molecule has 0 saturated carbocycles. The van der Waals surface area contributed by atoms with Crippen molar-refractivity contribution in [3.05, 3.63) is 41.2 Å². The average Bonchev–Trinajstić information content (AvgIpc) is 2.60. The molecule has 5 heteroatoms. The maximum Gasteiger partial charge on any atom is 0.532 e. The molecular weight excluding hydrogens is 344 g/mol. The van der Waals surface area contributed by atoms with Gasteiger partial charge in [0.15, 0.2) is 0 Å². The minimum atomic E-state index is -2.81. The zero-order valence-corrected chi connectivity index (χ0v) is 18.9. The summed E-state index contributed by atoms with van der Waals surface area (Å²) in [5.74, 6) is 0. The maximum absolute atomic E-state index is 6.20. The summed E-state index contributed by atoms with van der Waals surface area (Å²) >= 11 is 0. The molecule has 0 amide bonds. The van der Waals surface area contributed by atoms with Crippen molar-refractivity contribution >= 4 is 22.1 Å². The van der Waals surface area contributed by atoms with Gasteiger partial charge in [-0.3, -0.25) is 0 Å². The molecule has 0 bridgehead atoms. The summed E-state index contributed by atoms with van der Waals surface area (Å²) < 4.78 is 18.6. The lowest BCUT2D eigenvalue weighted by molar-refractivity contribution is 0.0797. The quantitative estimate of drug-likeness (QED) is 0.485. The van der Waals surface area contributed by atoms with E-state index in [2.05, 4.69) is 56.0 Å². The highest BCUT2D eigenvalue weighted by molar-refractivity contribution is 6.95. The maximum atomic E-state index is 6.20. The number of hydrogen-bond donors (Lipinski definition) is 0. The molecule has 0 heterocycles. The predicted molar refractivity (Wildman–Crippen MR) is 112 cm³/mol. The van der Waals surface area contributed by atoms with Gasteiger partial charge in [-0.25, -0.2) is 0 Å². The average molecular weight is 381 g/mol. The molecule has 0 radical (unpaired) electrons. The first-order chi connectivity index (χ1) is 12.0. The normalized spacial score (nSPS) is 13.3. The third-order valence-corrected chi connectivity index (χ3v) is 10.6. The van der Waals surface area contributed by atoms with Crippen LogP contribution >= 0.6 is 0 Å². The molecule has 0 aromatic heterocycles. The molecule has 25 heavy (non-hydrogen) atoms. The Morgan fingerprint density at radius 1 is 0.880 bits per heavy atom. The highest BCUT2D eigenvalue weighted by atomic mass is 28.4. The van der Waals surface area contributed by atoms with Crippen LogP contribution in [0, 0.1) is 0 Å². The van der Waals surface area contributed by atoms with E-state index in [1.54, 1.807) is 0 Å². The van der Waals surface area contributed by atoms with Crippen molar-refractivity contribution in [1.82, 2.24) is 0 Å². The van der Waals surface area contributed by atoms with Crippen molar-refractivity contribution in [2.75, 3.05) is 19.8 Å². The first-order valence-corrected chi connectivity index (χ1v) is 14.5. The van der Waals surface area contributed by atoms with Crippen molar-refractivity contribution in [2.24, 2.45) is 0 Å². The molecule has 0 saturated heterocycles. The Kier molecular flexibility index (Phi) is 9.89. The molecule has 0 aliphatic rings. The first-order valence-electron chi connectivity index (χ1n) is 9.65. The molecule has 1 rings (SSSR count). The number of benzene rings is 1. The van der Waals surface area contributed by atoms with Crippen LogP contribution in [-0.4, -0.2) is 36.7 Å². The summed E-state index contributed by atoms with van der Waals surface area (Å²) in [6.45, 7) is 14.9. The topological polar surface area (TPSA) is 27.7 Å². The summed E-state index contributed by atoms with van der Waals surface area (Å²) in [6.07, 6.45) is 3.28.